The lowest BCUT2D eigenvalue weighted by atomic mass is 9.88. The summed E-state index contributed by atoms with van der Waals surface area (Å²) in [4.78, 5) is 16.0. The number of amides is 1. The SMILES string of the molecule is N#Cc1cccnc1Cc1cc2c(cc1F)C(C#CC1CC1)(C(F)(F)F)OC(=O)N2. The van der Waals surface area contributed by atoms with Crippen molar-refractivity contribution >= 4 is 11.8 Å². The third-order valence-electron chi connectivity index (χ3n) is 4.85. The van der Waals surface area contributed by atoms with E-state index in [1.54, 1.807) is 6.07 Å². The number of ether oxygens (including phenoxy) is 1. The van der Waals surface area contributed by atoms with Gasteiger partial charge in [-0.25, -0.2) is 9.18 Å². The van der Waals surface area contributed by atoms with Crippen molar-refractivity contribution in [1.82, 2.24) is 4.98 Å². The molecule has 1 atom stereocenters. The van der Waals surface area contributed by atoms with Crippen LogP contribution in [0.15, 0.2) is 30.5 Å². The number of carbonyl (C=O) groups is 1. The van der Waals surface area contributed by atoms with Crippen LogP contribution in [0.3, 0.4) is 0 Å². The van der Waals surface area contributed by atoms with Crippen molar-refractivity contribution < 1.29 is 27.1 Å². The van der Waals surface area contributed by atoms with Crippen molar-refractivity contribution in [2.24, 2.45) is 5.92 Å². The summed E-state index contributed by atoms with van der Waals surface area (Å²) >= 11 is 0. The number of nitrogens with zero attached hydrogens (tertiary/aromatic N) is 2. The maximum Gasteiger partial charge on any atom is 0.445 e. The summed E-state index contributed by atoms with van der Waals surface area (Å²) in [5.74, 6) is 3.39. The summed E-state index contributed by atoms with van der Waals surface area (Å²) in [6.07, 6.45) is -3.81. The number of alkyl halides is 3. The molecular weight excluding hydrogens is 402 g/mol. The minimum atomic E-state index is -5.08. The van der Waals surface area contributed by atoms with Gasteiger partial charge in [-0.15, -0.1) is 0 Å². The van der Waals surface area contributed by atoms with E-state index in [9.17, 15) is 22.4 Å². The number of hydrogen-bond donors (Lipinski definition) is 1. The lowest BCUT2D eigenvalue weighted by molar-refractivity contribution is -0.239. The molecule has 0 spiro atoms. The predicted octanol–water partition coefficient (Wildman–Crippen LogP) is 4.42. The molecule has 1 aliphatic heterocycles. The summed E-state index contributed by atoms with van der Waals surface area (Å²) in [6.45, 7) is 0. The van der Waals surface area contributed by atoms with Gasteiger partial charge in [-0.1, -0.05) is 5.92 Å². The molecule has 1 saturated carbocycles. The zero-order chi connectivity index (χ0) is 21.5. The van der Waals surface area contributed by atoms with E-state index in [1.807, 2.05) is 6.07 Å². The summed E-state index contributed by atoms with van der Waals surface area (Å²) < 4.78 is 61.5. The number of nitriles is 1. The van der Waals surface area contributed by atoms with E-state index < -0.39 is 29.3 Å². The molecule has 1 N–H and O–H groups in total. The third kappa shape index (κ3) is 3.43. The number of anilines is 1. The minimum absolute atomic E-state index is 0.0302. The van der Waals surface area contributed by atoms with Crippen LogP contribution in [-0.2, 0) is 16.8 Å². The van der Waals surface area contributed by atoms with Gasteiger partial charge in [0.15, 0.2) is 0 Å². The van der Waals surface area contributed by atoms with Crippen molar-refractivity contribution in [3.8, 4) is 17.9 Å². The van der Waals surface area contributed by atoms with Crippen LogP contribution in [0.5, 0.6) is 0 Å². The van der Waals surface area contributed by atoms with Crippen molar-refractivity contribution in [2.75, 3.05) is 5.32 Å². The first-order chi connectivity index (χ1) is 14.2. The second kappa shape index (κ2) is 7.03. The summed E-state index contributed by atoms with van der Waals surface area (Å²) in [5.41, 5.74) is -3.69. The highest BCUT2D eigenvalue weighted by atomic mass is 19.4. The lowest BCUT2D eigenvalue weighted by Crippen LogP contribution is -2.49. The second-order valence-electron chi connectivity index (χ2n) is 7.01. The van der Waals surface area contributed by atoms with Crippen LogP contribution >= 0.6 is 0 Å². The zero-order valence-corrected chi connectivity index (χ0v) is 15.3. The Morgan fingerprint density at radius 1 is 1.33 bits per heavy atom. The molecule has 4 rings (SSSR count). The van der Waals surface area contributed by atoms with Gasteiger partial charge in [0.1, 0.15) is 11.9 Å². The minimum Gasteiger partial charge on any atom is -0.415 e. The van der Waals surface area contributed by atoms with Gasteiger partial charge in [-0.2, -0.15) is 18.4 Å². The van der Waals surface area contributed by atoms with Crippen LogP contribution in [0.1, 0.15) is 35.2 Å². The number of halogens is 4. The molecule has 5 nitrogen and oxygen atoms in total. The number of benzene rings is 1. The van der Waals surface area contributed by atoms with E-state index in [0.717, 1.165) is 6.07 Å². The largest absolute Gasteiger partial charge is 0.445 e. The number of pyridine rings is 1. The number of aromatic nitrogens is 1. The number of hydrogen-bond acceptors (Lipinski definition) is 4. The monoisotopic (exact) mass is 415 g/mol. The van der Waals surface area contributed by atoms with Gasteiger partial charge in [0.2, 0.25) is 0 Å². The molecule has 1 amide bonds. The average molecular weight is 415 g/mol. The number of rotatable bonds is 2. The molecule has 0 saturated heterocycles. The molecule has 30 heavy (non-hydrogen) atoms. The molecule has 1 unspecified atom stereocenters. The van der Waals surface area contributed by atoms with E-state index in [2.05, 4.69) is 26.9 Å². The first kappa shape index (κ1) is 19.7. The van der Waals surface area contributed by atoms with Gasteiger partial charge in [-0.3, -0.25) is 10.3 Å². The molecule has 9 heteroatoms. The van der Waals surface area contributed by atoms with Crippen molar-refractivity contribution in [3.63, 3.8) is 0 Å². The number of fused-ring (bicyclic) bond motifs is 1. The Bertz CT molecular complexity index is 1140. The van der Waals surface area contributed by atoms with E-state index in [1.165, 1.54) is 12.3 Å². The average Bonchev–Trinajstić information content (AvgIpc) is 3.51. The molecular formula is C21H13F4N3O2. The fourth-order valence-corrected chi connectivity index (χ4v) is 3.14. The molecule has 2 aromatic rings. The molecule has 0 bridgehead atoms. The van der Waals surface area contributed by atoms with Gasteiger partial charge in [0.05, 0.1) is 16.9 Å². The maximum absolute atomic E-state index is 14.8. The van der Waals surface area contributed by atoms with Crippen LogP contribution in [0.2, 0.25) is 0 Å². The maximum atomic E-state index is 14.8. The van der Waals surface area contributed by atoms with Gasteiger partial charge in [0.25, 0.3) is 5.60 Å². The molecule has 0 radical (unpaired) electrons. The van der Waals surface area contributed by atoms with E-state index in [0.29, 0.717) is 18.9 Å². The van der Waals surface area contributed by atoms with E-state index in [-0.39, 0.29) is 34.8 Å². The summed E-state index contributed by atoms with van der Waals surface area (Å²) in [6, 6.07) is 6.74. The fraction of sp³-hybridized carbons (Fsp3) is 0.286. The van der Waals surface area contributed by atoms with E-state index >= 15 is 0 Å². The van der Waals surface area contributed by atoms with Crippen molar-refractivity contribution in [2.45, 2.75) is 31.0 Å². The van der Waals surface area contributed by atoms with Crippen LogP contribution in [0, 0.1) is 34.9 Å². The molecule has 2 aliphatic rings. The van der Waals surface area contributed by atoms with Crippen molar-refractivity contribution in [3.05, 3.63) is 58.7 Å². The Balaban J connectivity index is 1.83. The Hall–Kier alpha value is -3.59. The zero-order valence-electron chi connectivity index (χ0n) is 15.3. The highest BCUT2D eigenvalue weighted by Crippen LogP contribution is 2.48. The van der Waals surface area contributed by atoms with Crippen LogP contribution in [0.25, 0.3) is 0 Å². The Labute approximate surface area is 168 Å². The van der Waals surface area contributed by atoms with Crippen LogP contribution < -0.4 is 5.32 Å². The molecule has 1 fully saturated rings. The van der Waals surface area contributed by atoms with Gasteiger partial charge in [-0.05, 0) is 48.6 Å². The highest BCUT2D eigenvalue weighted by molar-refractivity contribution is 5.90. The number of carbonyl (C=O) groups excluding carboxylic acids is 1. The normalized spacial score (nSPS) is 20.2. The first-order valence-electron chi connectivity index (χ1n) is 9.00. The fourth-order valence-electron chi connectivity index (χ4n) is 3.14. The van der Waals surface area contributed by atoms with Crippen LogP contribution in [0.4, 0.5) is 28.0 Å². The van der Waals surface area contributed by atoms with E-state index in [4.69, 9.17) is 5.26 Å². The number of cyclic esters (lactones) is 1. The first-order valence-corrected chi connectivity index (χ1v) is 9.00. The predicted molar refractivity (Wildman–Crippen MR) is 96.5 cm³/mol. The summed E-state index contributed by atoms with van der Waals surface area (Å²) in [5, 5.41) is 11.4. The molecule has 1 aromatic carbocycles. The van der Waals surface area contributed by atoms with Crippen LogP contribution in [-0.4, -0.2) is 17.3 Å². The highest BCUT2D eigenvalue weighted by Gasteiger charge is 2.62. The Morgan fingerprint density at radius 3 is 2.77 bits per heavy atom. The summed E-state index contributed by atoms with van der Waals surface area (Å²) in [7, 11) is 0. The smallest absolute Gasteiger partial charge is 0.415 e. The van der Waals surface area contributed by atoms with Gasteiger partial charge in [0, 0.05) is 24.1 Å². The molecule has 1 aromatic heterocycles. The van der Waals surface area contributed by atoms with Gasteiger partial charge >= 0.3 is 12.3 Å². The quantitative estimate of drug-likeness (QED) is 0.582. The lowest BCUT2D eigenvalue weighted by Gasteiger charge is -2.36. The Kier molecular flexibility index (Phi) is 4.62. The molecule has 1 aliphatic carbocycles. The topological polar surface area (TPSA) is 75.0 Å². The number of nitrogens with one attached hydrogen (secondary N) is 1. The molecule has 2 heterocycles. The Morgan fingerprint density at radius 2 is 2.10 bits per heavy atom. The standard InChI is InChI=1S/C21H13F4N3O2/c22-16-10-15-18(9-14(16)8-17-13(11-26)2-1-7-27-17)28-19(29)30-20(15,21(23,24)25)6-5-12-3-4-12/h1-2,7,9-10,12H,3-4,8H2,(H,28,29). The third-order valence-corrected chi connectivity index (χ3v) is 4.85. The van der Waals surface area contributed by atoms with Crippen molar-refractivity contribution in [1.29, 1.82) is 5.26 Å². The second-order valence-corrected chi connectivity index (χ2v) is 7.01. The van der Waals surface area contributed by atoms with Gasteiger partial charge < -0.3 is 4.74 Å². The molecule has 152 valence electrons.